The highest BCUT2D eigenvalue weighted by molar-refractivity contribution is 7.47. The number of rotatable bonds is 41. The zero-order chi connectivity index (χ0) is 40.3. The molecule has 320 valence electrons. The van der Waals surface area contributed by atoms with Crippen molar-refractivity contribution in [3.05, 3.63) is 48.6 Å². The molecule has 0 radical (unpaired) electrons. The van der Waals surface area contributed by atoms with E-state index in [-0.39, 0.29) is 32.6 Å². The van der Waals surface area contributed by atoms with E-state index in [4.69, 9.17) is 24.3 Å². The van der Waals surface area contributed by atoms with Crippen LogP contribution in [-0.2, 0) is 32.7 Å². The molecule has 0 aromatic heterocycles. The fourth-order valence-electron chi connectivity index (χ4n) is 5.88. The molecule has 0 aromatic carbocycles. The van der Waals surface area contributed by atoms with Crippen LogP contribution in [0, 0.1) is 0 Å². The molecule has 0 saturated carbocycles. The molecule has 0 aliphatic rings. The van der Waals surface area contributed by atoms with Gasteiger partial charge >= 0.3 is 19.8 Å². The summed E-state index contributed by atoms with van der Waals surface area (Å²) in [5, 5.41) is 0. The van der Waals surface area contributed by atoms with Gasteiger partial charge in [0.05, 0.1) is 13.2 Å². The van der Waals surface area contributed by atoms with Crippen molar-refractivity contribution in [3.63, 3.8) is 0 Å². The molecule has 0 aliphatic carbocycles. The zero-order valence-corrected chi connectivity index (χ0v) is 36.0. The van der Waals surface area contributed by atoms with Crippen LogP contribution < -0.4 is 5.73 Å². The predicted octanol–water partition coefficient (Wildman–Crippen LogP) is 12.7. The van der Waals surface area contributed by atoms with Gasteiger partial charge in [-0.05, 0) is 70.6 Å². The third kappa shape index (κ3) is 41.4. The first-order valence-corrected chi connectivity index (χ1v) is 23.6. The van der Waals surface area contributed by atoms with Gasteiger partial charge in [-0.1, -0.05) is 159 Å². The van der Waals surface area contributed by atoms with Crippen molar-refractivity contribution in [1.82, 2.24) is 0 Å². The van der Waals surface area contributed by atoms with Gasteiger partial charge in [-0.2, -0.15) is 0 Å². The highest BCUT2D eigenvalue weighted by Gasteiger charge is 2.25. The van der Waals surface area contributed by atoms with E-state index in [1.165, 1.54) is 116 Å². The monoisotopic (exact) mass is 796 g/mol. The van der Waals surface area contributed by atoms with Crippen LogP contribution in [0.15, 0.2) is 48.6 Å². The van der Waals surface area contributed by atoms with Crippen molar-refractivity contribution >= 4 is 19.8 Å². The van der Waals surface area contributed by atoms with Gasteiger partial charge in [0.2, 0.25) is 0 Å². The number of hydrogen-bond donors (Lipinski definition) is 2. The van der Waals surface area contributed by atoms with Crippen molar-refractivity contribution in [3.8, 4) is 0 Å². The Hall–Kier alpha value is -2.03. The Balaban J connectivity index is 4.22. The summed E-state index contributed by atoms with van der Waals surface area (Å²) < 4.78 is 32.7. The van der Waals surface area contributed by atoms with E-state index in [9.17, 15) is 19.0 Å². The van der Waals surface area contributed by atoms with Crippen LogP contribution in [0.2, 0.25) is 0 Å². The molecular weight excluding hydrogens is 713 g/mol. The van der Waals surface area contributed by atoms with Crippen LogP contribution in [-0.4, -0.2) is 49.3 Å². The van der Waals surface area contributed by atoms with E-state index in [1.807, 2.05) is 6.08 Å². The highest BCUT2D eigenvalue weighted by Crippen LogP contribution is 2.43. The van der Waals surface area contributed by atoms with E-state index in [1.54, 1.807) is 0 Å². The number of esters is 2. The minimum atomic E-state index is -4.39. The zero-order valence-electron chi connectivity index (χ0n) is 35.2. The normalized spacial score (nSPS) is 13.7. The maximum absolute atomic E-state index is 12.6. The molecule has 0 saturated heterocycles. The number of phosphoric acid groups is 1. The third-order valence-corrected chi connectivity index (χ3v) is 10.2. The van der Waals surface area contributed by atoms with Crippen LogP contribution in [0.1, 0.15) is 194 Å². The quantitative estimate of drug-likeness (QED) is 0.0268. The summed E-state index contributed by atoms with van der Waals surface area (Å²) in [6.45, 7) is 3.66. The Morgan fingerprint density at radius 2 is 0.964 bits per heavy atom. The molecule has 2 atom stereocenters. The van der Waals surface area contributed by atoms with Crippen LogP contribution in [0.3, 0.4) is 0 Å². The SMILES string of the molecule is CCCCCC/C=C/CCCCCCCCCCCC(=O)OC[C@H](COP(=O)(O)OCCN)OC(=O)CCC/C=C/C/C=C/C/C=C/CCCCCCCC. The molecule has 10 heteroatoms. The molecule has 0 fully saturated rings. The summed E-state index contributed by atoms with van der Waals surface area (Å²) in [7, 11) is -4.39. The van der Waals surface area contributed by atoms with Crippen LogP contribution in [0.25, 0.3) is 0 Å². The van der Waals surface area contributed by atoms with Gasteiger partial charge in [-0.3, -0.25) is 18.6 Å². The summed E-state index contributed by atoms with van der Waals surface area (Å²) in [5.74, 6) is -0.891. The van der Waals surface area contributed by atoms with Gasteiger partial charge in [0.25, 0.3) is 0 Å². The number of phosphoric ester groups is 1. The van der Waals surface area contributed by atoms with E-state index in [2.05, 4.69) is 56.4 Å². The Morgan fingerprint density at radius 3 is 1.49 bits per heavy atom. The third-order valence-electron chi connectivity index (χ3n) is 9.19. The minimum Gasteiger partial charge on any atom is -0.462 e. The average Bonchev–Trinajstić information content (AvgIpc) is 3.17. The lowest BCUT2D eigenvalue weighted by atomic mass is 10.1. The minimum absolute atomic E-state index is 0.0444. The van der Waals surface area contributed by atoms with E-state index in [0.29, 0.717) is 12.8 Å². The van der Waals surface area contributed by atoms with Gasteiger partial charge < -0.3 is 20.1 Å². The van der Waals surface area contributed by atoms with E-state index < -0.39 is 32.5 Å². The molecule has 1 unspecified atom stereocenters. The molecule has 0 aliphatic heterocycles. The number of ether oxygens (including phenoxy) is 2. The standard InChI is InChI=1S/C45H82NO8P/c1-3-5-7-9-11-13-15-17-19-21-23-25-27-29-31-33-35-37-44(47)51-41-43(42-53-55(49,50)52-40-39-46)54-45(48)38-36-34-32-30-28-26-24-22-20-18-16-14-12-10-8-6-4-2/h13,15,18,20,24,26,30,32,43H,3-12,14,16-17,19,21-23,25,27-29,31,33-42,46H2,1-2H3,(H,49,50)/b15-13+,20-18+,26-24+,32-30+/t43-/m1/s1. The molecule has 0 bridgehead atoms. The summed E-state index contributed by atoms with van der Waals surface area (Å²) in [6, 6.07) is 0. The summed E-state index contributed by atoms with van der Waals surface area (Å²) in [5.41, 5.74) is 5.34. The van der Waals surface area contributed by atoms with Gasteiger partial charge in [0, 0.05) is 19.4 Å². The van der Waals surface area contributed by atoms with E-state index >= 15 is 0 Å². The second-order valence-electron chi connectivity index (χ2n) is 14.6. The van der Waals surface area contributed by atoms with Gasteiger partial charge in [0.1, 0.15) is 6.61 Å². The maximum atomic E-state index is 12.6. The molecule has 3 N–H and O–H groups in total. The number of carbonyl (C=O) groups excluding carboxylic acids is 2. The van der Waals surface area contributed by atoms with Crippen molar-refractivity contribution in [1.29, 1.82) is 0 Å². The second kappa shape index (κ2) is 41.6. The highest BCUT2D eigenvalue weighted by atomic mass is 31.2. The Labute approximate surface area is 336 Å². The van der Waals surface area contributed by atoms with Crippen molar-refractivity contribution < 1.29 is 37.6 Å². The molecule has 0 aromatic rings. The first-order valence-electron chi connectivity index (χ1n) is 22.1. The molecule has 0 spiro atoms. The van der Waals surface area contributed by atoms with Gasteiger partial charge in [-0.15, -0.1) is 0 Å². The first kappa shape index (κ1) is 53.0. The summed E-state index contributed by atoms with van der Waals surface area (Å²) in [4.78, 5) is 34.9. The lowest BCUT2D eigenvalue weighted by molar-refractivity contribution is -0.161. The second-order valence-corrected chi connectivity index (χ2v) is 16.0. The Bertz CT molecular complexity index is 1040. The smallest absolute Gasteiger partial charge is 0.462 e. The lowest BCUT2D eigenvalue weighted by Crippen LogP contribution is -2.29. The van der Waals surface area contributed by atoms with E-state index in [0.717, 1.165) is 38.5 Å². The fourth-order valence-corrected chi connectivity index (χ4v) is 6.65. The van der Waals surface area contributed by atoms with Crippen LogP contribution >= 0.6 is 7.82 Å². The van der Waals surface area contributed by atoms with Crippen molar-refractivity contribution in [2.75, 3.05) is 26.4 Å². The first-order chi connectivity index (χ1) is 26.8. The molecule has 9 nitrogen and oxygen atoms in total. The number of nitrogens with two attached hydrogens (primary N) is 1. The molecular formula is C45H82NO8P. The van der Waals surface area contributed by atoms with Crippen molar-refractivity contribution in [2.24, 2.45) is 5.73 Å². The Kier molecular flexibility index (Phi) is 40.1. The lowest BCUT2D eigenvalue weighted by Gasteiger charge is -2.19. The number of allylic oxidation sites excluding steroid dienone is 8. The maximum Gasteiger partial charge on any atom is 0.472 e. The largest absolute Gasteiger partial charge is 0.472 e. The molecule has 0 amide bonds. The number of unbranched alkanes of at least 4 members (excludes halogenated alkanes) is 20. The summed E-state index contributed by atoms with van der Waals surface area (Å²) in [6.07, 6.45) is 47.2. The van der Waals surface area contributed by atoms with Crippen LogP contribution in [0.4, 0.5) is 0 Å². The van der Waals surface area contributed by atoms with Gasteiger partial charge in [0.15, 0.2) is 6.10 Å². The molecule has 55 heavy (non-hydrogen) atoms. The number of carbonyl (C=O) groups is 2. The van der Waals surface area contributed by atoms with Gasteiger partial charge in [-0.25, -0.2) is 4.57 Å². The molecule has 0 heterocycles. The topological polar surface area (TPSA) is 134 Å². The fraction of sp³-hybridized carbons (Fsp3) is 0.778. The molecule has 0 rings (SSSR count). The Morgan fingerprint density at radius 1 is 0.545 bits per heavy atom. The predicted molar refractivity (Wildman–Crippen MR) is 229 cm³/mol. The van der Waals surface area contributed by atoms with Crippen LogP contribution in [0.5, 0.6) is 0 Å². The summed E-state index contributed by atoms with van der Waals surface area (Å²) >= 11 is 0. The average molecular weight is 796 g/mol. The van der Waals surface area contributed by atoms with Crippen molar-refractivity contribution in [2.45, 2.75) is 200 Å². The number of hydrogen-bond acceptors (Lipinski definition) is 8.